The minimum atomic E-state index is -0.714. The van der Waals surface area contributed by atoms with Crippen LogP contribution in [0.3, 0.4) is 0 Å². The minimum absolute atomic E-state index is 0.0185. The van der Waals surface area contributed by atoms with E-state index in [1.807, 2.05) is 0 Å². The van der Waals surface area contributed by atoms with Crippen LogP contribution in [-0.4, -0.2) is 21.7 Å². The van der Waals surface area contributed by atoms with Crippen LogP contribution < -0.4 is 11.1 Å². The normalized spacial score (nSPS) is 10.0. The van der Waals surface area contributed by atoms with Crippen molar-refractivity contribution in [2.24, 2.45) is 5.73 Å². The Hall–Kier alpha value is -3.00. The second-order valence-corrected chi connectivity index (χ2v) is 4.58. The Kier molecular flexibility index (Phi) is 4.33. The fourth-order valence-electron chi connectivity index (χ4n) is 1.59. The zero-order valence-corrected chi connectivity index (χ0v) is 11.7. The van der Waals surface area contributed by atoms with Crippen LogP contribution in [0.1, 0.15) is 20.8 Å². The number of nitro benzene ring substituents is 1. The molecule has 2 aromatic rings. The number of rotatable bonds is 4. The third-order valence-electron chi connectivity index (χ3n) is 2.69. The number of nitro groups is 1. The van der Waals surface area contributed by atoms with Gasteiger partial charge in [-0.25, -0.2) is 0 Å². The molecule has 0 saturated carbocycles. The van der Waals surface area contributed by atoms with Crippen LogP contribution in [0.5, 0.6) is 0 Å². The molecule has 0 bridgehead atoms. The van der Waals surface area contributed by atoms with Crippen molar-refractivity contribution < 1.29 is 14.5 Å². The molecule has 2 amide bonds. The molecule has 1 aromatic heterocycles. The Morgan fingerprint density at radius 1 is 1.27 bits per heavy atom. The number of amides is 2. The third kappa shape index (κ3) is 3.36. The van der Waals surface area contributed by atoms with Crippen LogP contribution >= 0.6 is 11.6 Å². The van der Waals surface area contributed by atoms with E-state index >= 15 is 0 Å². The van der Waals surface area contributed by atoms with Gasteiger partial charge >= 0.3 is 0 Å². The smallest absolute Gasteiger partial charge is 0.271 e. The molecule has 0 unspecified atom stereocenters. The summed E-state index contributed by atoms with van der Waals surface area (Å²) in [7, 11) is 0. The number of hydrogen-bond donors (Lipinski definition) is 2. The maximum Gasteiger partial charge on any atom is 0.271 e. The lowest BCUT2D eigenvalue weighted by molar-refractivity contribution is -0.384. The van der Waals surface area contributed by atoms with Crippen molar-refractivity contribution in [2.75, 3.05) is 5.32 Å². The number of nitrogens with zero attached hydrogens (tertiary/aromatic N) is 2. The average molecular weight is 321 g/mol. The van der Waals surface area contributed by atoms with Crippen molar-refractivity contribution in [3.63, 3.8) is 0 Å². The van der Waals surface area contributed by atoms with Gasteiger partial charge in [-0.05, 0) is 18.2 Å². The molecule has 0 saturated heterocycles. The number of aromatic nitrogens is 1. The first-order valence-corrected chi connectivity index (χ1v) is 6.27. The fraction of sp³-hybridized carbons (Fsp3) is 0. The SMILES string of the molecule is NC(=O)c1ccc(C(=O)Nc2cc([N+](=O)[O-])ccc2Cl)cn1. The monoisotopic (exact) mass is 320 g/mol. The highest BCUT2D eigenvalue weighted by Gasteiger charge is 2.14. The van der Waals surface area contributed by atoms with Crippen LogP contribution in [0.15, 0.2) is 36.5 Å². The third-order valence-corrected chi connectivity index (χ3v) is 3.02. The molecular weight excluding hydrogens is 312 g/mol. The van der Waals surface area contributed by atoms with Gasteiger partial charge in [-0.3, -0.25) is 24.7 Å². The molecule has 1 heterocycles. The summed E-state index contributed by atoms with van der Waals surface area (Å²) in [5.41, 5.74) is 5.10. The molecule has 0 aliphatic heterocycles. The molecule has 1 aromatic carbocycles. The van der Waals surface area contributed by atoms with E-state index in [1.165, 1.54) is 30.5 Å². The van der Waals surface area contributed by atoms with E-state index in [-0.39, 0.29) is 27.7 Å². The van der Waals surface area contributed by atoms with Gasteiger partial charge in [-0.2, -0.15) is 0 Å². The van der Waals surface area contributed by atoms with E-state index in [1.54, 1.807) is 0 Å². The molecule has 9 heteroatoms. The van der Waals surface area contributed by atoms with Crippen molar-refractivity contribution in [2.45, 2.75) is 0 Å². The Morgan fingerprint density at radius 3 is 2.55 bits per heavy atom. The summed E-state index contributed by atoms with van der Waals surface area (Å²) in [6, 6.07) is 6.33. The molecule has 0 fully saturated rings. The summed E-state index contributed by atoms with van der Waals surface area (Å²) in [5, 5.41) is 13.3. The topological polar surface area (TPSA) is 128 Å². The van der Waals surface area contributed by atoms with E-state index in [9.17, 15) is 19.7 Å². The summed E-state index contributed by atoms with van der Waals surface area (Å²) in [5.74, 6) is -1.29. The lowest BCUT2D eigenvalue weighted by atomic mass is 10.2. The van der Waals surface area contributed by atoms with Gasteiger partial charge < -0.3 is 11.1 Å². The predicted octanol–water partition coefficient (Wildman–Crippen LogP) is 1.99. The number of anilines is 1. The van der Waals surface area contributed by atoms with Crippen molar-refractivity contribution in [3.8, 4) is 0 Å². The number of pyridine rings is 1. The highest BCUT2D eigenvalue weighted by Crippen LogP contribution is 2.27. The van der Waals surface area contributed by atoms with E-state index in [0.29, 0.717) is 0 Å². The number of nitrogens with one attached hydrogen (secondary N) is 1. The summed E-state index contributed by atoms with van der Waals surface area (Å²) in [4.78, 5) is 36.8. The lowest BCUT2D eigenvalue weighted by Crippen LogP contribution is -2.16. The zero-order chi connectivity index (χ0) is 16.3. The molecule has 0 aliphatic carbocycles. The predicted molar refractivity (Wildman–Crippen MR) is 78.8 cm³/mol. The summed E-state index contributed by atoms with van der Waals surface area (Å²) in [6.45, 7) is 0. The number of carbonyl (C=O) groups is 2. The summed E-state index contributed by atoms with van der Waals surface area (Å²) < 4.78 is 0. The second-order valence-electron chi connectivity index (χ2n) is 4.17. The number of non-ortho nitro benzene ring substituents is 1. The van der Waals surface area contributed by atoms with Crippen molar-refractivity contribution in [1.29, 1.82) is 0 Å². The van der Waals surface area contributed by atoms with Crippen molar-refractivity contribution >= 4 is 34.8 Å². The molecule has 0 atom stereocenters. The van der Waals surface area contributed by atoms with E-state index < -0.39 is 16.7 Å². The molecular formula is C13H9ClN4O4. The van der Waals surface area contributed by atoms with Crippen molar-refractivity contribution in [3.05, 3.63) is 62.9 Å². The van der Waals surface area contributed by atoms with Crippen LogP contribution in [-0.2, 0) is 0 Å². The minimum Gasteiger partial charge on any atom is -0.364 e. The maximum atomic E-state index is 12.0. The molecule has 8 nitrogen and oxygen atoms in total. The first-order valence-electron chi connectivity index (χ1n) is 5.89. The molecule has 2 rings (SSSR count). The van der Waals surface area contributed by atoms with Crippen LogP contribution in [0.2, 0.25) is 5.02 Å². The average Bonchev–Trinajstić information content (AvgIpc) is 2.49. The standard InChI is InChI=1S/C13H9ClN4O4/c14-9-3-2-8(18(21)22)5-11(9)17-13(20)7-1-4-10(12(15)19)16-6-7/h1-6H,(H2,15,19)(H,17,20). The number of carbonyl (C=O) groups excluding carboxylic acids is 2. The first kappa shape index (κ1) is 15.4. The molecule has 0 radical (unpaired) electrons. The summed E-state index contributed by atoms with van der Waals surface area (Å²) in [6.07, 6.45) is 1.17. The Balaban J connectivity index is 2.23. The number of benzene rings is 1. The summed E-state index contributed by atoms with van der Waals surface area (Å²) >= 11 is 5.89. The van der Waals surface area contributed by atoms with Gasteiger partial charge in [0.05, 0.1) is 21.2 Å². The van der Waals surface area contributed by atoms with Crippen molar-refractivity contribution in [1.82, 2.24) is 4.98 Å². The van der Waals surface area contributed by atoms with Gasteiger partial charge in [0.2, 0.25) is 0 Å². The van der Waals surface area contributed by atoms with Gasteiger partial charge in [0.25, 0.3) is 17.5 Å². The van der Waals surface area contributed by atoms with Crippen LogP contribution in [0.25, 0.3) is 0 Å². The molecule has 0 aliphatic rings. The van der Waals surface area contributed by atoms with Gasteiger partial charge in [0.15, 0.2) is 0 Å². The number of primary amides is 1. The van der Waals surface area contributed by atoms with E-state index in [0.717, 1.165) is 6.07 Å². The Morgan fingerprint density at radius 2 is 2.00 bits per heavy atom. The highest BCUT2D eigenvalue weighted by molar-refractivity contribution is 6.34. The van der Waals surface area contributed by atoms with Gasteiger partial charge in [0.1, 0.15) is 5.69 Å². The lowest BCUT2D eigenvalue weighted by Gasteiger charge is -2.07. The molecule has 0 spiro atoms. The first-order chi connectivity index (χ1) is 10.4. The Labute approximate surface area is 129 Å². The van der Waals surface area contributed by atoms with Gasteiger partial charge in [-0.1, -0.05) is 11.6 Å². The zero-order valence-electron chi connectivity index (χ0n) is 10.9. The molecule has 112 valence electrons. The number of nitrogens with two attached hydrogens (primary N) is 1. The molecule has 3 N–H and O–H groups in total. The number of halogens is 1. The number of hydrogen-bond acceptors (Lipinski definition) is 5. The molecule has 22 heavy (non-hydrogen) atoms. The van der Waals surface area contributed by atoms with E-state index in [4.69, 9.17) is 17.3 Å². The largest absolute Gasteiger partial charge is 0.364 e. The van der Waals surface area contributed by atoms with Gasteiger partial charge in [0, 0.05) is 18.3 Å². The Bertz CT molecular complexity index is 761. The van der Waals surface area contributed by atoms with Crippen LogP contribution in [0.4, 0.5) is 11.4 Å². The maximum absolute atomic E-state index is 12.0. The fourth-order valence-corrected chi connectivity index (χ4v) is 1.76. The van der Waals surface area contributed by atoms with Gasteiger partial charge in [-0.15, -0.1) is 0 Å². The van der Waals surface area contributed by atoms with E-state index in [2.05, 4.69) is 10.3 Å². The highest BCUT2D eigenvalue weighted by atomic mass is 35.5. The second kappa shape index (κ2) is 6.19. The quantitative estimate of drug-likeness (QED) is 0.657. The van der Waals surface area contributed by atoms with Crippen LogP contribution in [0, 0.1) is 10.1 Å².